The van der Waals surface area contributed by atoms with Gasteiger partial charge in [0.2, 0.25) is 10.0 Å². The monoisotopic (exact) mass is 278 g/mol. The van der Waals surface area contributed by atoms with Gasteiger partial charge in [0.15, 0.2) is 0 Å². The van der Waals surface area contributed by atoms with E-state index >= 15 is 0 Å². The van der Waals surface area contributed by atoms with Crippen LogP contribution in [0.2, 0.25) is 5.02 Å². The molecule has 4 nitrogen and oxygen atoms in total. The minimum absolute atomic E-state index is 0.0681. The highest BCUT2D eigenvalue weighted by Crippen LogP contribution is 2.16. The number of sulfonamides is 1. The van der Waals surface area contributed by atoms with Gasteiger partial charge < -0.3 is 5.73 Å². The van der Waals surface area contributed by atoms with Gasteiger partial charge >= 0.3 is 0 Å². The van der Waals surface area contributed by atoms with Crippen LogP contribution < -0.4 is 10.5 Å². The summed E-state index contributed by atoms with van der Waals surface area (Å²) in [5.74, 6) is 0. The molecule has 16 heavy (non-hydrogen) atoms. The maximum atomic E-state index is 11.7. The molecule has 1 atom stereocenters. The van der Waals surface area contributed by atoms with Crippen LogP contribution in [0.5, 0.6) is 0 Å². The molecule has 0 saturated heterocycles. The second-order valence-electron chi connectivity index (χ2n) is 3.20. The Hall–Kier alpha value is -0.850. The van der Waals surface area contributed by atoms with Crippen molar-refractivity contribution in [1.29, 1.82) is 0 Å². The van der Waals surface area contributed by atoms with Crippen LogP contribution in [0.3, 0.4) is 0 Å². The average Bonchev–Trinajstić information content (AvgIpc) is 2.20. The number of hydrogen-bond acceptors (Lipinski definition) is 3. The molecule has 1 rings (SSSR count). The van der Waals surface area contributed by atoms with Crippen molar-refractivity contribution < 1.29 is 8.42 Å². The highest BCUT2D eigenvalue weighted by atomic mass is 35.5. The largest absolute Gasteiger partial charge is 0.392 e. The summed E-state index contributed by atoms with van der Waals surface area (Å²) < 4.78 is 25.8. The second kappa shape index (κ2) is 4.99. The molecular formula is C9H11ClN2O2S2. The van der Waals surface area contributed by atoms with E-state index in [2.05, 4.69) is 16.9 Å². The zero-order chi connectivity index (χ0) is 12.3. The predicted molar refractivity (Wildman–Crippen MR) is 70.2 cm³/mol. The SMILES string of the molecule is CC(C(N)=S)S(=O)(=O)Nc1ccc(Cl)cc1. The van der Waals surface area contributed by atoms with Gasteiger partial charge in [0.25, 0.3) is 0 Å². The zero-order valence-corrected chi connectivity index (χ0v) is 10.9. The van der Waals surface area contributed by atoms with Gasteiger partial charge in [-0.3, -0.25) is 4.72 Å². The lowest BCUT2D eigenvalue weighted by atomic mass is 10.3. The van der Waals surface area contributed by atoms with Gasteiger partial charge in [-0.05, 0) is 31.2 Å². The smallest absolute Gasteiger partial charge is 0.241 e. The molecule has 0 spiro atoms. The van der Waals surface area contributed by atoms with E-state index in [1.165, 1.54) is 6.92 Å². The molecule has 0 radical (unpaired) electrons. The lowest BCUT2D eigenvalue weighted by molar-refractivity contribution is 0.598. The van der Waals surface area contributed by atoms with Crippen LogP contribution in [0.15, 0.2) is 24.3 Å². The number of halogens is 1. The van der Waals surface area contributed by atoms with Crippen LogP contribution in [-0.4, -0.2) is 18.7 Å². The van der Waals surface area contributed by atoms with E-state index in [9.17, 15) is 8.42 Å². The van der Waals surface area contributed by atoms with Gasteiger partial charge in [-0.25, -0.2) is 8.42 Å². The summed E-state index contributed by atoms with van der Waals surface area (Å²) in [5, 5.41) is -0.386. The first-order chi connectivity index (χ1) is 7.33. The fourth-order valence-corrected chi connectivity index (χ4v) is 2.38. The number of nitrogens with one attached hydrogen (secondary N) is 1. The van der Waals surface area contributed by atoms with Crippen LogP contribution in [0.4, 0.5) is 5.69 Å². The average molecular weight is 279 g/mol. The molecule has 7 heteroatoms. The Morgan fingerprint density at radius 1 is 1.44 bits per heavy atom. The second-order valence-corrected chi connectivity index (χ2v) is 6.11. The lowest BCUT2D eigenvalue weighted by Crippen LogP contribution is -2.35. The number of nitrogens with two attached hydrogens (primary N) is 1. The first-order valence-corrected chi connectivity index (χ1v) is 6.72. The quantitative estimate of drug-likeness (QED) is 0.823. The molecule has 0 aliphatic heterocycles. The molecule has 1 aromatic rings. The van der Waals surface area contributed by atoms with E-state index < -0.39 is 15.3 Å². The normalized spacial score (nSPS) is 13.1. The number of hydrogen-bond donors (Lipinski definition) is 2. The molecule has 0 fully saturated rings. The lowest BCUT2D eigenvalue weighted by Gasteiger charge is -2.13. The summed E-state index contributed by atoms with van der Waals surface area (Å²) in [7, 11) is -3.58. The van der Waals surface area contributed by atoms with Gasteiger partial charge in [-0.15, -0.1) is 0 Å². The molecule has 0 bridgehead atoms. The summed E-state index contributed by atoms with van der Waals surface area (Å²) in [6.07, 6.45) is 0. The summed E-state index contributed by atoms with van der Waals surface area (Å²) in [6, 6.07) is 6.30. The first kappa shape index (κ1) is 13.2. The van der Waals surface area contributed by atoms with Crippen molar-refractivity contribution in [3.63, 3.8) is 0 Å². The van der Waals surface area contributed by atoms with Crippen molar-refractivity contribution in [2.45, 2.75) is 12.2 Å². The molecular weight excluding hydrogens is 268 g/mol. The molecule has 1 aromatic carbocycles. The van der Waals surface area contributed by atoms with Crippen LogP contribution in [-0.2, 0) is 10.0 Å². The molecule has 0 aromatic heterocycles. The Bertz CT molecular complexity index is 485. The third-order valence-electron chi connectivity index (χ3n) is 1.97. The fraction of sp³-hybridized carbons (Fsp3) is 0.222. The first-order valence-electron chi connectivity index (χ1n) is 4.39. The third kappa shape index (κ3) is 3.33. The molecule has 3 N–H and O–H groups in total. The maximum absolute atomic E-state index is 11.7. The molecule has 88 valence electrons. The van der Waals surface area contributed by atoms with Crippen molar-refractivity contribution in [2.75, 3.05) is 4.72 Å². The van der Waals surface area contributed by atoms with Gasteiger partial charge in [-0.1, -0.05) is 23.8 Å². The van der Waals surface area contributed by atoms with Crippen molar-refractivity contribution in [3.8, 4) is 0 Å². The van der Waals surface area contributed by atoms with Crippen molar-refractivity contribution in [1.82, 2.24) is 0 Å². The fourth-order valence-electron chi connectivity index (χ4n) is 0.924. The van der Waals surface area contributed by atoms with Crippen molar-refractivity contribution >= 4 is 44.5 Å². The van der Waals surface area contributed by atoms with Gasteiger partial charge in [0.1, 0.15) is 5.25 Å². The Labute approximate surface area is 105 Å². The molecule has 0 aliphatic carbocycles. The summed E-state index contributed by atoms with van der Waals surface area (Å²) in [6.45, 7) is 1.43. The minimum atomic E-state index is -3.58. The highest BCUT2D eigenvalue weighted by Gasteiger charge is 2.22. The highest BCUT2D eigenvalue weighted by molar-refractivity contribution is 7.95. The zero-order valence-electron chi connectivity index (χ0n) is 8.48. The van der Waals surface area contributed by atoms with E-state index in [1.54, 1.807) is 24.3 Å². The number of anilines is 1. The number of thiocarbonyl (C=S) groups is 1. The predicted octanol–water partition coefficient (Wildman–Crippen LogP) is 1.76. The minimum Gasteiger partial charge on any atom is -0.392 e. The van der Waals surface area contributed by atoms with Crippen LogP contribution in [0, 0.1) is 0 Å². The summed E-state index contributed by atoms with van der Waals surface area (Å²) >= 11 is 10.3. The Balaban J connectivity index is 2.89. The van der Waals surface area contributed by atoms with Crippen molar-refractivity contribution in [3.05, 3.63) is 29.3 Å². The summed E-state index contributed by atoms with van der Waals surface area (Å²) in [5.41, 5.74) is 5.71. The molecule has 0 amide bonds. The Kier molecular flexibility index (Phi) is 4.12. The van der Waals surface area contributed by atoms with E-state index in [0.29, 0.717) is 10.7 Å². The standard InChI is InChI=1S/C9H11ClN2O2S2/c1-6(9(11)15)16(13,14)12-8-4-2-7(10)3-5-8/h2-6,12H,1H3,(H2,11,15). The molecule has 1 unspecified atom stereocenters. The van der Waals surface area contributed by atoms with Gasteiger partial charge in [0, 0.05) is 10.7 Å². The summed E-state index contributed by atoms with van der Waals surface area (Å²) in [4.78, 5) is -0.0681. The van der Waals surface area contributed by atoms with Crippen LogP contribution in [0.25, 0.3) is 0 Å². The number of benzene rings is 1. The third-order valence-corrected chi connectivity index (χ3v) is 4.43. The number of rotatable bonds is 4. The van der Waals surface area contributed by atoms with E-state index in [4.69, 9.17) is 17.3 Å². The van der Waals surface area contributed by atoms with E-state index in [1.807, 2.05) is 0 Å². The van der Waals surface area contributed by atoms with E-state index in [0.717, 1.165) is 0 Å². The Morgan fingerprint density at radius 3 is 2.38 bits per heavy atom. The maximum Gasteiger partial charge on any atom is 0.241 e. The van der Waals surface area contributed by atoms with Gasteiger partial charge in [0.05, 0.1) is 4.99 Å². The Morgan fingerprint density at radius 2 is 1.94 bits per heavy atom. The molecule has 0 heterocycles. The molecule has 0 aliphatic rings. The van der Waals surface area contributed by atoms with Gasteiger partial charge in [-0.2, -0.15) is 0 Å². The van der Waals surface area contributed by atoms with Crippen molar-refractivity contribution in [2.24, 2.45) is 5.73 Å². The van der Waals surface area contributed by atoms with Crippen LogP contribution >= 0.6 is 23.8 Å². The topological polar surface area (TPSA) is 72.2 Å². The molecule has 0 saturated carbocycles. The van der Waals surface area contributed by atoms with E-state index in [-0.39, 0.29) is 4.99 Å². The van der Waals surface area contributed by atoms with Crippen LogP contribution in [0.1, 0.15) is 6.92 Å².